The van der Waals surface area contributed by atoms with Crippen molar-refractivity contribution in [2.75, 3.05) is 19.8 Å². The van der Waals surface area contributed by atoms with Crippen LogP contribution in [0.1, 0.15) is 18.4 Å². The Bertz CT molecular complexity index is 443. The number of thioether (sulfide) groups is 1. The minimum atomic E-state index is -0.649. The Hall–Kier alpha value is -1.47. The van der Waals surface area contributed by atoms with E-state index in [1.807, 2.05) is 33.2 Å². The maximum Gasteiger partial charge on any atom is 0.332 e. The van der Waals surface area contributed by atoms with Gasteiger partial charge in [0, 0.05) is 11.5 Å². The van der Waals surface area contributed by atoms with E-state index >= 15 is 0 Å². The lowest BCUT2D eigenvalue weighted by molar-refractivity contribution is 0.249. The van der Waals surface area contributed by atoms with Crippen LogP contribution in [0.2, 0.25) is 0 Å². The van der Waals surface area contributed by atoms with Crippen LogP contribution in [0.4, 0.5) is 4.79 Å². The van der Waals surface area contributed by atoms with Crippen LogP contribution in [0.15, 0.2) is 21.7 Å². The van der Waals surface area contributed by atoms with Crippen LogP contribution < -0.4 is 11.2 Å². The summed E-state index contributed by atoms with van der Waals surface area (Å²) in [6, 6.07) is 3.33. The number of urea groups is 1. The van der Waals surface area contributed by atoms with Crippen molar-refractivity contribution in [1.29, 1.82) is 0 Å². The summed E-state index contributed by atoms with van der Waals surface area (Å²) in [5.74, 6) is 3.39. The van der Waals surface area contributed by atoms with Crippen LogP contribution in [0.5, 0.6) is 0 Å². The van der Waals surface area contributed by atoms with Gasteiger partial charge in [-0.05, 0) is 33.2 Å². The molecule has 0 spiro atoms. The fourth-order valence-corrected chi connectivity index (χ4v) is 2.20. The first-order valence-corrected chi connectivity index (χ1v) is 7.01. The number of hydrogen-bond acceptors (Lipinski definition) is 5. The third-order valence-corrected chi connectivity index (χ3v) is 3.21. The van der Waals surface area contributed by atoms with Gasteiger partial charge in [0.2, 0.25) is 0 Å². The van der Waals surface area contributed by atoms with Gasteiger partial charge in [-0.2, -0.15) is 5.10 Å². The van der Waals surface area contributed by atoms with E-state index < -0.39 is 6.03 Å². The molecule has 0 aliphatic carbocycles. The van der Waals surface area contributed by atoms with Crippen LogP contribution in [-0.2, 0) is 12.3 Å². The molecule has 0 saturated heterocycles. The van der Waals surface area contributed by atoms with E-state index in [0.717, 1.165) is 29.5 Å². The molecule has 0 aliphatic rings. The van der Waals surface area contributed by atoms with E-state index in [4.69, 9.17) is 10.2 Å². The number of carbonyl (C=O) groups is 1. The molecule has 0 aromatic carbocycles. The molecule has 1 heterocycles. The molecule has 0 saturated carbocycles. The molecule has 1 aromatic heterocycles. The summed E-state index contributed by atoms with van der Waals surface area (Å²) in [6.07, 6.45) is 0. The van der Waals surface area contributed by atoms with Gasteiger partial charge in [-0.1, -0.05) is 0 Å². The van der Waals surface area contributed by atoms with Gasteiger partial charge in [0.05, 0.1) is 12.3 Å². The topological polar surface area (TPSA) is 83.9 Å². The Balaban J connectivity index is 2.31. The second-order valence-electron chi connectivity index (χ2n) is 4.42. The summed E-state index contributed by atoms with van der Waals surface area (Å²) in [5.41, 5.74) is 7.93. The number of nitrogens with two attached hydrogens (primary N) is 1. The molecule has 7 heteroatoms. The number of carbonyl (C=O) groups excluding carboxylic acids is 1. The summed E-state index contributed by atoms with van der Waals surface area (Å²) in [7, 11) is 4.00. The predicted octanol–water partition coefficient (Wildman–Crippen LogP) is 1.62. The third kappa shape index (κ3) is 6.88. The number of hydrazone groups is 1. The zero-order chi connectivity index (χ0) is 14.3. The molecule has 0 radical (unpaired) electrons. The van der Waals surface area contributed by atoms with Gasteiger partial charge in [0.15, 0.2) is 0 Å². The van der Waals surface area contributed by atoms with E-state index in [2.05, 4.69) is 15.4 Å². The highest BCUT2D eigenvalue weighted by Gasteiger charge is 2.04. The summed E-state index contributed by atoms with van der Waals surface area (Å²) in [5, 5.41) is 3.83. The van der Waals surface area contributed by atoms with Crippen LogP contribution in [0.25, 0.3) is 0 Å². The van der Waals surface area contributed by atoms with Crippen molar-refractivity contribution in [3.05, 3.63) is 23.7 Å². The van der Waals surface area contributed by atoms with Crippen molar-refractivity contribution in [3.63, 3.8) is 0 Å². The van der Waals surface area contributed by atoms with Crippen molar-refractivity contribution >= 4 is 23.5 Å². The summed E-state index contributed by atoms with van der Waals surface area (Å²) < 4.78 is 5.68. The average molecular weight is 284 g/mol. The lowest BCUT2D eigenvalue weighted by Crippen LogP contribution is -2.25. The predicted molar refractivity (Wildman–Crippen MR) is 78.1 cm³/mol. The van der Waals surface area contributed by atoms with Crippen molar-refractivity contribution in [1.82, 2.24) is 10.3 Å². The van der Waals surface area contributed by atoms with Gasteiger partial charge in [-0.15, -0.1) is 11.8 Å². The van der Waals surface area contributed by atoms with Crippen LogP contribution >= 0.6 is 11.8 Å². The van der Waals surface area contributed by atoms with Crippen molar-refractivity contribution < 1.29 is 9.21 Å². The lowest BCUT2D eigenvalue weighted by Gasteiger charge is -2.05. The fourth-order valence-electron chi connectivity index (χ4n) is 1.38. The third-order valence-electron chi connectivity index (χ3n) is 2.10. The molecule has 19 heavy (non-hydrogen) atoms. The zero-order valence-corrected chi connectivity index (χ0v) is 12.3. The summed E-state index contributed by atoms with van der Waals surface area (Å²) >= 11 is 1.67. The Morgan fingerprint density at radius 1 is 1.47 bits per heavy atom. The molecule has 3 N–H and O–H groups in total. The largest absolute Gasteiger partial charge is 0.464 e. The normalized spacial score (nSPS) is 11.9. The molecule has 2 amide bonds. The quantitative estimate of drug-likeness (QED) is 0.588. The molecule has 106 valence electrons. The van der Waals surface area contributed by atoms with E-state index in [1.54, 1.807) is 11.8 Å². The number of primary amides is 1. The van der Waals surface area contributed by atoms with Crippen LogP contribution in [0, 0.1) is 0 Å². The summed E-state index contributed by atoms with van der Waals surface area (Å²) in [6.45, 7) is 2.64. The molecule has 1 rings (SSSR count). The highest BCUT2D eigenvalue weighted by atomic mass is 32.2. The fraction of sp³-hybridized carbons (Fsp3) is 0.500. The van der Waals surface area contributed by atoms with Crippen molar-refractivity contribution in [3.8, 4) is 0 Å². The first-order chi connectivity index (χ1) is 8.97. The SMILES string of the molecule is CC(CSCc1ccc(CN(C)C)o1)=NNC(N)=O. The minimum Gasteiger partial charge on any atom is -0.464 e. The van der Waals surface area contributed by atoms with Gasteiger partial charge >= 0.3 is 6.03 Å². The second-order valence-corrected chi connectivity index (χ2v) is 5.41. The minimum absolute atomic E-state index is 0.649. The Kier molecular flexibility index (Phi) is 6.44. The number of hydrogen-bond donors (Lipinski definition) is 2. The molecule has 1 aromatic rings. The number of nitrogens with zero attached hydrogens (tertiary/aromatic N) is 2. The highest BCUT2D eigenvalue weighted by Crippen LogP contribution is 2.16. The van der Waals surface area contributed by atoms with Gasteiger partial charge in [0.25, 0.3) is 0 Å². The van der Waals surface area contributed by atoms with Crippen molar-refractivity contribution in [2.24, 2.45) is 10.8 Å². The average Bonchev–Trinajstić information content (AvgIpc) is 2.73. The summed E-state index contributed by atoms with van der Waals surface area (Å²) in [4.78, 5) is 12.5. The Morgan fingerprint density at radius 2 is 2.16 bits per heavy atom. The number of rotatable bonds is 7. The zero-order valence-electron chi connectivity index (χ0n) is 11.5. The van der Waals surface area contributed by atoms with E-state index in [0.29, 0.717) is 5.75 Å². The molecule has 0 unspecified atom stereocenters. The highest BCUT2D eigenvalue weighted by molar-refractivity contribution is 7.99. The first-order valence-electron chi connectivity index (χ1n) is 5.86. The van der Waals surface area contributed by atoms with Gasteiger partial charge in [0.1, 0.15) is 11.5 Å². The Morgan fingerprint density at radius 3 is 2.79 bits per heavy atom. The molecule has 0 fully saturated rings. The molecule has 6 nitrogen and oxygen atoms in total. The second kappa shape index (κ2) is 7.85. The maximum atomic E-state index is 10.5. The molecule has 0 aliphatic heterocycles. The molecule has 0 atom stereocenters. The lowest BCUT2D eigenvalue weighted by atomic mass is 10.4. The standard InChI is InChI=1S/C12H20N4O2S/c1-9(14-15-12(13)17)7-19-8-11-5-4-10(18-11)6-16(2)3/h4-5H,6-8H2,1-3H3,(H3,13,15,17). The van der Waals surface area contributed by atoms with Gasteiger partial charge in [-0.3, -0.25) is 0 Å². The van der Waals surface area contributed by atoms with Crippen LogP contribution in [-0.4, -0.2) is 36.5 Å². The number of nitrogens with one attached hydrogen (secondary N) is 1. The Labute approximate surface area is 117 Å². The van der Waals surface area contributed by atoms with E-state index in [1.165, 1.54) is 0 Å². The number of furan rings is 1. The van der Waals surface area contributed by atoms with E-state index in [9.17, 15) is 4.79 Å². The van der Waals surface area contributed by atoms with E-state index in [-0.39, 0.29) is 0 Å². The van der Waals surface area contributed by atoms with Gasteiger partial charge < -0.3 is 15.1 Å². The first kappa shape index (κ1) is 15.6. The van der Waals surface area contributed by atoms with Gasteiger partial charge in [-0.25, -0.2) is 10.2 Å². The molecule has 0 bridgehead atoms. The van der Waals surface area contributed by atoms with Crippen LogP contribution in [0.3, 0.4) is 0 Å². The maximum absolute atomic E-state index is 10.5. The number of amides is 2. The monoisotopic (exact) mass is 284 g/mol. The smallest absolute Gasteiger partial charge is 0.332 e. The van der Waals surface area contributed by atoms with Crippen molar-refractivity contribution in [2.45, 2.75) is 19.2 Å². The molecular formula is C12H20N4O2S. The molecular weight excluding hydrogens is 264 g/mol.